The average molecular weight is 285 g/mol. The highest BCUT2D eigenvalue weighted by Gasteiger charge is 2.09. The number of tetrazole rings is 1. The van der Waals surface area contributed by atoms with E-state index >= 15 is 0 Å². The van der Waals surface area contributed by atoms with Crippen LogP contribution in [0.15, 0.2) is 41.8 Å². The lowest BCUT2D eigenvalue weighted by atomic mass is 10.2. The molecule has 102 valence electrons. The molecule has 1 N–H and O–H groups in total. The number of aromatic nitrogens is 4. The van der Waals surface area contributed by atoms with Crippen LogP contribution in [0.4, 0.5) is 5.95 Å². The predicted octanol–water partition coefficient (Wildman–Crippen LogP) is 2.90. The van der Waals surface area contributed by atoms with Gasteiger partial charge in [0.25, 0.3) is 0 Å². The second-order valence-electron chi connectivity index (χ2n) is 4.33. The Morgan fingerprint density at radius 3 is 2.85 bits per heavy atom. The summed E-state index contributed by atoms with van der Waals surface area (Å²) in [6.07, 6.45) is 1.05. The van der Waals surface area contributed by atoms with Crippen LogP contribution in [0.25, 0.3) is 5.69 Å². The second kappa shape index (κ2) is 5.83. The molecule has 3 rings (SSSR count). The molecule has 2 heterocycles. The lowest BCUT2D eigenvalue weighted by Crippen LogP contribution is -2.07. The first kappa shape index (κ1) is 12.8. The summed E-state index contributed by atoms with van der Waals surface area (Å²) in [5.41, 5.74) is 2.32. The van der Waals surface area contributed by atoms with E-state index in [0.717, 1.165) is 18.7 Å². The second-order valence-corrected chi connectivity index (χ2v) is 5.33. The first-order valence-electron chi connectivity index (χ1n) is 6.51. The number of nitrogens with zero attached hydrogens (tertiary/aromatic N) is 4. The van der Waals surface area contributed by atoms with E-state index in [1.54, 1.807) is 16.0 Å². The van der Waals surface area contributed by atoms with E-state index in [-0.39, 0.29) is 0 Å². The van der Waals surface area contributed by atoms with E-state index in [0.29, 0.717) is 5.95 Å². The number of aryl methyl sites for hydroxylation is 1. The fourth-order valence-electron chi connectivity index (χ4n) is 2.04. The molecule has 0 aliphatic rings. The molecule has 0 radical (unpaired) electrons. The first-order valence-corrected chi connectivity index (χ1v) is 7.39. The summed E-state index contributed by atoms with van der Waals surface area (Å²) in [6, 6.07) is 12.0. The summed E-state index contributed by atoms with van der Waals surface area (Å²) in [5, 5.41) is 17.2. The maximum absolute atomic E-state index is 4.04. The Hall–Kier alpha value is -2.21. The van der Waals surface area contributed by atoms with E-state index in [9.17, 15) is 0 Å². The Labute approximate surface area is 121 Å². The van der Waals surface area contributed by atoms with Gasteiger partial charge in [-0.3, -0.25) is 0 Å². The van der Waals surface area contributed by atoms with Gasteiger partial charge in [0.05, 0.1) is 12.2 Å². The first-order chi connectivity index (χ1) is 9.88. The zero-order chi connectivity index (χ0) is 13.8. The van der Waals surface area contributed by atoms with Gasteiger partial charge in [-0.1, -0.05) is 30.2 Å². The molecule has 0 fully saturated rings. The van der Waals surface area contributed by atoms with E-state index in [1.807, 2.05) is 30.3 Å². The third-order valence-corrected chi connectivity index (χ3v) is 4.06. The van der Waals surface area contributed by atoms with Crippen molar-refractivity contribution in [3.63, 3.8) is 0 Å². The van der Waals surface area contributed by atoms with E-state index in [2.05, 4.69) is 39.2 Å². The van der Waals surface area contributed by atoms with Gasteiger partial charge in [0.1, 0.15) is 0 Å². The maximum Gasteiger partial charge on any atom is 0.248 e. The smallest absolute Gasteiger partial charge is 0.248 e. The van der Waals surface area contributed by atoms with E-state index < -0.39 is 0 Å². The SMILES string of the molecule is CCc1ccsc1CNc1nnnn1-c1ccccc1. The largest absolute Gasteiger partial charge is 0.348 e. The molecule has 0 spiro atoms. The molecular weight excluding hydrogens is 270 g/mol. The van der Waals surface area contributed by atoms with Crippen LogP contribution >= 0.6 is 11.3 Å². The zero-order valence-electron chi connectivity index (χ0n) is 11.2. The van der Waals surface area contributed by atoms with Crippen LogP contribution in [0, 0.1) is 0 Å². The summed E-state index contributed by atoms with van der Waals surface area (Å²) < 4.78 is 1.71. The van der Waals surface area contributed by atoms with Gasteiger partial charge in [-0.05, 0) is 46.0 Å². The minimum atomic E-state index is 0.659. The van der Waals surface area contributed by atoms with Crippen molar-refractivity contribution in [2.24, 2.45) is 0 Å². The van der Waals surface area contributed by atoms with E-state index in [4.69, 9.17) is 0 Å². The van der Waals surface area contributed by atoms with Crippen LogP contribution in [0.1, 0.15) is 17.4 Å². The third-order valence-electron chi connectivity index (χ3n) is 3.10. The third kappa shape index (κ3) is 2.55. The molecule has 0 aliphatic carbocycles. The Kier molecular flexibility index (Phi) is 3.73. The number of hydrogen-bond donors (Lipinski definition) is 1. The molecule has 0 saturated carbocycles. The van der Waals surface area contributed by atoms with Gasteiger partial charge in [-0.2, -0.15) is 4.68 Å². The van der Waals surface area contributed by atoms with Gasteiger partial charge in [0.15, 0.2) is 0 Å². The summed E-state index contributed by atoms with van der Waals surface area (Å²) in [5.74, 6) is 0.659. The molecule has 2 aromatic heterocycles. The number of thiophene rings is 1. The molecule has 0 unspecified atom stereocenters. The molecule has 5 nitrogen and oxygen atoms in total. The Bertz CT molecular complexity index is 674. The minimum Gasteiger partial charge on any atom is -0.348 e. The van der Waals surface area contributed by atoms with Crippen molar-refractivity contribution in [1.82, 2.24) is 20.2 Å². The van der Waals surface area contributed by atoms with Crippen molar-refractivity contribution in [3.05, 3.63) is 52.2 Å². The number of anilines is 1. The van der Waals surface area contributed by atoms with Crippen molar-refractivity contribution >= 4 is 17.3 Å². The quantitative estimate of drug-likeness (QED) is 0.783. The van der Waals surface area contributed by atoms with Crippen LogP contribution in [0.3, 0.4) is 0 Å². The standard InChI is InChI=1S/C14H15N5S/c1-2-11-8-9-20-13(11)10-15-14-16-17-18-19(14)12-6-4-3-5-7-12/h3-9H,2,10H2,1H3,(H,15,16,18). The monoisotopic (exact) mass is 285 g/mol. The molecule has 3 aromatic rings. The van der Waals surface area contributed by atoms with Gasteiger partial charge in [-0.25, -0.2) is 0 Å². The molecule has 20 heavy (non-hydrogen) atoms. The molecule has 0 amide bonds. The van der Waals surface area contributed by atoms with Gasteiger partial charge in [0, 0.05) is 4.88 Å². The van der Waals surface area contributed by atoms with Crippen molar-refractivity contribution in [2.75, 3.05) is 5.32 Å². The fraction of sp³-hybridized carbons (Fsp3) is 0.214. The molecule has 0 saturated heterocycles. The number of hydrogen-bond acceptors (Lipinski definition) is 5. The van der Waals surface area contributed by atoms with Crippen LogP contribution < -0.4 is 5.32 Å². The van der Waals surface area contributed by atoms with Gasteiger partial charge < -0.3 is 5.32 Å². The van der Waals surface area contributed by atoms with Crippen LogP contribution in [-0.2, 0) is 13.0 Å². The lowest BCUT2D eigenvalue weighted by molar-refractivity contribution is 0.789. The fourth-order valence-corrected chi connectivity index (χ4v) is 2.95. The van der Waals surface area contributed by atoms with E-state index in [1.165, 1.54) is 10.4 Å². The van der Waals surface area contributed by atoms with Crippen LogP contribution in [0.2, 0.25) is 0 Å². The number of para-hydroxylation sites is 1. The number of nitrogens with one attached hydrogen (secondary N) is 1. The Balaban J connectivity index is 1.78. The molecule has 6 heteroatoms. The zero-order valence-corrected chi connectivity index (χ0v) is 12.0. The van der Waals surface area contributed by atoms with Crippen molar-refractivity contribution in [2.45, 2.75) is 19.9 Å². The molecule has 0 atom stereocenters. The summed E-state index contributed by atoms with van der Waals surface area (Å²) in [4.78, 5) is 1.33. The molecular formula is C14H15N5S. The average Bonchev–Trinajstić information content (AvgIpc) is 3.14. The van der Waals surface area contributed by atoms with Gasteiger partial charge in [-0.15, -0.1) is 11.3 Å². The van der Waals surface area contributed by atoms with Crippen molar-refractivity contribution in [3.8, 4) is 5.69 Å². The Morgan fingerprint density at radius 2 is 2.05 bits per heavy atom. The summed E-state index contributed by atoms with van der Waals surface area (Å²) >= 11 is 1.76. The highest BCUT2D eigenvalue weighted by atomic mass is 32.1. The lowest BCUT2D eigenvalue weighted by Gasteiger charge is -2.07. The highest BCUT2D eigenvalue weighted by Crippen LogP contribution is 2.19. The molecule has 0 bridgehead atoms. The van der Waals surface area contributed by atoms with Gasteiger partial charge >= 0.3 is 0 Å². The Morgan fingerprint density at radius 1 is 1.20 bits per heavy atom. The number of rotatable bonds is 5. The molecule has 1 aromatic carbocycles. The topological polar surface area (TPSA) is 55.6 Å². The predicted molar refractivity (Wildman–Crippen MR) is 80.2 cm³/mol. The summed E-state index contributed by atoms with van der Waals surface area (Å²) in [6.45, 7) is 2.91. The normalized spacial score (nSPS) is 10.7. The van der Waals surface area contributed by atoms with Crippen LogP contribution in [-0.4, -0.2) is 20.2 Å². The van der Waals surface area contributed by atoms with Crippen molar-refractivity contribution < 1.29 is 0 Å². The van der Waals surface area contributed by atoms with Crippen LogP contribution in [0.5, 0.6) is 0 Å². The molecule has 0 aliphatic heterocycles. The number of benzene rings is 1. The highest BCUT2D eigenvalue weighted by molar-refractivity contribution is 7.10. The van der Waals surface area contributed by atoms with Crippen molar-refractivity contribution in [1.29, 1.82) is 0 Å². The van der Waals surface area contributed by atoms with Gasteiger partial charge in [0.2, 0.25) is 5.95 Å². The summed E-state index contributed by atoms with van der Waals surface area (Å²) in [7, 11) is 0. The maximum atomic E-state index is 4.04. The minimum absolute atomic E-state index is 0.659.